The lowest BCUT2D eigenvalue weighted by Crippen LogP contribution is -2.49. The molecule has 1 fully saturated rings. The van der Waals surface area contributed by atoms with Crippen molar-refractivity contribution in [2.75, 3.05) is 5.75 Å². The largest absolute Gasteiger partial charge is 0.368 e. The van der Waals surface area contributed by atoms with Gasteiger partial charge in [0.05, 0.1) is 5.54 Å². The summed E-state index contributed by atoms with van der Waals surface area (Å²) < 4.78 is 0. The van der Waals surface area contributed by atoms with Crippen molar-refractivity contribution in [3.63, 3.8) is 0 Å². The normalized spacial score (nSPS) is 29.7. The standard InChI is InChI=1S/C12H24N2OS/c1-9-4-3-5-10(8-9)16-7-6-12(2,14)11(13)15/h9-10H,3-8,14H2,1-2H3,(H2,13,15). The molecule has 0 aromatic rings. The van der Waals surface area contributed by atoms with Crippen LogP contribution in [0.15, 0.2) is 0 Å². The van der Waals surface area contributed by atoms with E-state index in [1.165, 1.54) is 25.7 Å². The molecule has 0 aromatic carbocycles. The van der Waals surface area contributed by atoms with Gasteiger partial charge in [-0.3, -0.25) is 4.79 Å². The predicted octanol–water partition coefficient (Wildman–Crippen LogP) is 1.89. The van der Waals surface area contributed by atoms with Crippen LogP contribution >= 0.6 is 11.8 Å². The number of hydrogen-bond acceptors (Lipinski definition) is 3. The Kier molecular flexibility index (Phi) is 5.12. The van der Waals surface area contributed by atoms with Crippen LogP contribution in [0.1, 0.15) is 46.0 Å². The van der Waals surface area contributed by atoms with Gasteiger partial charge in [-0.05, 0) is 37.9 Å². The number of thioether (sulfide) groups is 1. The molecular weight excluding hydrogens is 220 g/mol. The minimum atomic E-state index is -0.840. The molecule has 0 bridgehead atoms. The summed E-state index contributed by atoms with van der Waals surface area (Å²) in [4.78, 5) is 11.0. The molecule has 3 unspecified atom stereocenters. The maximum absolute atomic E-state index is 11.0. The van der Waals surface area contributed by atoms with Gasteiger partial charge in [0.25, 0.3) is 0 Å². The van der Waals surface area contributed by atoms with Crippen LogP contribution in [0.25, 0.3) is 0 Å². The van der Waals surface area contributed by atoms with Crippen molar-refractivity contribution in [1.29, 1.82) is 0 Å². The smallest absolute Gasteiger partial charge is 0.237 e. The molecule has 1 amide bonds. The van der Waals surface area contributed by atoms with Crippen LogP contribution in [-0.2, 0) is 4.79 Å². The topological polar surface area (TPSA) is 69.1 Å². The molecule has 0 spiro atoms. The molecule has 0 heterocycles. The first-order valence-electron chi connectivity index (χ1n) is 6.12. The summed E-state index contributed by atoms with van der Waals surface area (Å²) in [6, 6.07) is 0. The van der Waals surface area contributed by atoms with Crippen LogP contribution in [0.3, 0.4) is 0 Å². The van der Waals surface area contributed by atoms with E-state index in [2.05, 4.69) is 6.92 Å². The molecule has 0 aromatic heterocycles. The van der Waals surface area contributed by atoms with E-state index in [-0.39, 0.29) is 0 Å². The lowest BCUT2D eigenvalue weighted by atomic mass is 9.91. The highest BCUT2D eigenvalue weighted by Gasteiger charge is 2.26. The Labute approximate surface area is 103 Å². The van der Waals surface area contributed by atoms with Crippen molar-refractivity contribution in [3.8, 4) is 0 Å². The van der Waals surface area contributed by atoms with Gasteiger partial charge in [0.2, 0.25) is 5.91 Å². The second kappa shape index (κ2) is 5.92. The number of carbonyl (C=O) groups is 1. The summed E-state index contributed by atoms with van der Waals surface area (Å²) in [5, 5.41) is 0.757. The lowest BCUT2D eigenvalue weighted by Gasteiger charge is -2.27. The van der Waals surface area contributed by atoms with Gasteiger partial charge in [-0.15, -0.1) is 0 Å². The molecule has 0 aliphatic heterocycles. The van der Waals surface area contributed by atoms with Crippen LogP contribution in [-0.4, -0.2) is 22.4 Å². The zero-order valence-electron chi connectivity index (χ0n) is 10.4. The van der Waals surface area contributed by atoms with Gasteiger partial charge in [-0.1, -0.05) is 19.8 Å². The molecule has 1 saturated carbocycles. The minimum absolute atomic E-state index is 0.398. The van der Waals surface area contributed by atoms with E-state index in [4.69, 9.17) is 11.5 Å². The minimum Gasteiger partial charge on any atom is -0.368 e. The summed E-state index contributed by atoms with van der Waals surface area (Å²) in [6.07, 6.45) is 6.01. The van der Waals surface area contributed by atoms with Crippen LogP contribution in [0.2, 0.25) is 0 Å². The highest BCUT2D eigenvalue weighted by Crippen LogP contribution is 2.32. The van der Waals surface area contributed by atoms with Gasteiger partial charge in [0, 0.05) is 5.25 Å². The van der Waals surface area contributed by atoms with Crippen molar-refractivity contribution in [2.45, 2.75) is 56.7 Å². The van der Waals surface area contributed by atoms with Crippen molar-refractivity contribution in [3.05, 3.63) is 0 Å². The van der Waals surface area contributed by atoms with Gasteiger partial charge in [-0.25, -0.2) is 0 Å². The number of rotatable bonds is 5. The highest BCUT2D eigenvalue weighted by atomic mass is 32.2. The SMILES string of the molecule is CC1CCCC(SCCC(C)(N)C(N)=O)C1. The first-order valence-corrected chi connectivity index (χ1v) is 7.17. The molecule has 1 rings (SSSR count). The highest BCUT2D eigenvalue weighted by molar-refractivity contribution is 7.99. The zero-order chi connectivity index (χ0) is 12.2. The maximum atomic E-state index is 11.0. The molecule has 1 aliphatic carbocycles. The molecule has 4 N–H and O–H groups in total. The number of hydrogen-bond donors (Lipinski definition) is 2. The summed E-state index contributed by atoms with van der Waals surface area (Å²) in [6.45, 7) is 4.04. The van der Waals surface area contributed by atoms with Crippen LogP contribution in [0.4, 0.5) is 0 Å². The fourth-order valence-electron chi connectivity index (χ4n) is 2.09. The van der Waals surface area contributed by atoms with Crippen molar-refractivity contribution >= 4 is 17.7 Å². The van der Waals surface area contributed by atoms with E-state index in [0.29, 0.717) is 6.42 Å². The molecular formula is C12H24N2OS. The fourth-order valence-corrected chi connectivity index (χ4v) is 3.76. The Balaban J connectivity index is 2.22. The summed E-state index contributed by atoms with van der Waals surface area (Å²) in [7, 11) is 0. The number of amides is 1. The quantitative estimate of drug-likeness (QED) is 0.776. The van der Waals surface area contributed by atoms with E-state index in [1.54, 1.807) is 6.92 Å². The Morgan fingerprint density at radius 2 is 2.19 bits per heavy atom. The first-order chi connectivity index (χ1) is 7.42. The van der Waals surface area contributed by atoms with E-state index >= 15 is 0 Å². The molecule has 0 radical (unpaired) electrons. The predicted molar refractivity (Wildman–Crippen MR) is 70.3 cm³/mol. The molecule has 16 heavy (non-hydrogen) atoms. The van der Waals surface area contributed by atoms with E-state index in [1.807, 2.05) is 11.8 Å². The number of carbonyl (C=O) groups excluding carboxylic acids is 1. The molecule has 1 aliphatic rings. The average molecular weight is 244 g/mol. The van der Waals surface area contributed by atoms with Crippen molar-refractivity contribution < 1.29 is 4.79 Å². The monoisotopic (exact) mass is 244 g/mol. The lowest BCUT2D eigenvalue weighted by molar-refractivity contribution is -0.122. The van der Waals surface area contributed by atoms with Crippen LogP contribution in [0.5, 0.6) is 0 Å². The van der Waals surface area contributed by atoms with Gasteiger partial charge in [0.15, 0.2) is 0 Å². The number of nitrogens with two attached hydrogens (primary N) is 2. The van der Waals surface area contributed by atoms with Crippen LogP contribution < -0.4 is 11.5 Å². The average Bonchev–Trinajstić information content (AvgIpc) is 2.17. The van der Waals surface area contributed by atoms with Gasteiger partial charge >= 0.3 is 0 Å². The Bertz CT molecular complexity index is 243. The fraction of sp³-hybridized carbons (Fsp3) is 0.917. The van der Waals surface area contributed by atoms with Crippen molar-refractivity contribution in [2.24, 2.45) is 17.4 Å². The molecule has 3 nitrogen and oxygen atoms in total. The third kappa shape index (κ3) is 4.34. The molecule has 94 valence electrons. The van der Waals surface area contributed by atoms with Crippen LogP contribution in [0, 0.1) is 5.92 Å². The molecule has 4 heteroatoms. The summed E-state index contributed by atoms with van der Waals surface area (Å²) in [5.41, 5.74) is 10.2. The van der Waals surface area contributed by atoms with Gasteiger partial charge in [0.1, 0.15) is 0 Å². The first kappa shape index (κ1) is 13.8. The van der Waals surface area contributed by atoms with Gasteiger partial charge in [-0.2, -0.15) is 11.8 Å². The number of primary amides is 1. The zero-order valence-corrected chi connectivity index (χ0v) is 11.2. The third-order valence-electron chi connectivity index (χ3n) is 3.43. The van der Waals surface area contributed by atoms with E-state index in [9.17, 15) is 4.79 Å². The van der Waals surface area contributed by atoms with Gasteiger partial charge < -0.3 is 11.5 Å². The second-order valence-electron chi connectivity index (χ2n) is 5.30. The van der Waals surface area contributed by atoms with E-state index < -0.39 is 11.4 Å². The maximum Gasteiger partial charge on any atom is 0.237 e. The second-order valence-corrected chi connectivity index (χ2v) is 6.70. The summed E-state index contributed by atoms with van der Waals surface area (Å²) >= 11 is 1.96. The Morgan fingerprint density at radius 3 is 2.75 bits per heavy atom. The van der Waals surface area contributed by atoms with E-state index in [0.717, 1.165) is 16.9 Å². The molecule has 0 saturated heterocycles. The third-order valence-corrected chi connectivity index (χ3v) is 4.77. The Hall–Kier alpha value is -0.220. The van der Waals surface area contributed by atoms with Crippen molar-refractivity contribution in [1.82, 2.24) is 0 Å². The Morgan fingerprint density at radius 1 is 1.50 bits per heavy atom. The molecule has 3 atom stereocenters. The summed E-state index contributed by atoms with van der Waals surface area (Å²) in [5.74, 6) is 1.39.